The Kier molecular flexibility index (Phi) is 4.77. The molecular formula is C16H26BrN3. The summed E-state index contributed by atoms with van der Waals surface area (Å²) in [4.78, 5) is 5.01. The molecule has 0 amide bonds. The van der Waals surface area contributed by atoms with Gasteiger partial charge in [0.15, 0.2) is 0 Å². The van der Waals surface area contributed by atoms with Crippen LogP contribution >= 0.6 is 15.9 Å². The summed E-state index contributed by atoms with van der Waals surface area (Å²) in [6.07, 6.45) is 0. The third kappa shape index (κ3) is 3.54. The number of nitrogens with zero attached hydrogens (tertiary/aromatic N) is 2. The van der Waals surface area contributed by atoms with Crippen LogP contribution in [0.25, 0.3) is 0 Å². The molecule has 1 unspecified atom stereocenters. The van der Waals surface area contributed by atoms with Crippen LogP contribution in [-0.2, 0) is 0 Å². The monoisotopic (exact) mass is 339 g/mol. The molecule has 3 nitrogen and oxygen atoms in total. The quantitative estimate of drug-likeness (QED) is 0.896. The van der Waals surface area contributed by atoms with Gasteiger partial charge in [-0.15, -0.1) is 0 Å². The van der Waals surface area contributed by atoms with Crippen LogP contribution in [0.5, 0.6) is 0 Å². The topological polar surface area (TPSA) is 32.5 Å². The summed E-state index contributed by atoms with van der Waals surface area (Å²) >= 11 is 3.58. The molecule has 1 heterocycles. The number of anilines is 1. The summed E-state index contributed by atoms with van der Waals surface area (Å²) in [6.45, 7) is 13.3. The minimum absolute atomic E-state index is 0.0683. The van der Waals surface area contributed by atoms with Crippen molar-refractivity contribution in [1.29, 1.82) is 0 Å². The van der Waals surface area contributed by atoms with Crippen LogP contribution in [-0.4, -0.2) is 36.6 Å². The number of hydrogen-bond acceptors (Lipinski definition) is 3. The van der Waals surface area contributed by atoms with Crippen LogP contribution in [0.15, 0.2) is 22.7 Å². The minimum Gasteiger partial charge on any atom is -0.369 e. The first-order valence-corrected chi connectivity index (χ1v) is 8.13. The molecule has 112 valence electrons. The molecule has 1 fully saturated rings. The van der Waals surface area contributed by atoms with Gasteiger partial charge in [-0.05, 0) is 45.4 Å². The van der Waals surface area contributed by atoms with Crippen LogP contribution in [0.2, 0.25) is 0 Å². The average Bonchev–Trinajstić information content (AvgIpc) is 2.37. The average molecular weight is 340 g/mol. The largest absolute Gasteiger partial charge is 0.369 e. The molecule has 0 radical (unpaired) electrons. The highest BCUT2D eigenvalue weighted by molar-refractivity contribution is 9.10. The Hall–Kier alpha value is -0.580. The molecule has 2 N–H and O–H groups in total. The maximum atomic E-state index is 6.12. The Balaban J connectivity index is 2.16. The van der Waals surface area contributed by atoms with E-state index in [1.54, 1.807) is 0 Å². The highest BCUT2D eigenvalue weighted by atomic mass is 79.9. The number of rotatable bonds is 2. The van der Waals surface area contributed by atoms with E-state index in [0.717, 1.165) is 30.7 Å². The van der Waals surface area contributed by atoms with Crippen LogP contribution < -0.4 is 10.6 Å². The van der Waals surface area contributed by atoms with E-state index in [1.165, 1.54) is 11.3 Å². The first-order chi connectivity index (χ1) is 9.29. The summed E-state index contributed by atoms with van der Waals surface area (Å²) in [5, 5.41) is 0. The number of hydrogen-bond donors (Lipinski definition) is 1. The highest BCUT2D eigenvalue weighted by Gasteiger charge is 2.26. The molecule has 0 bridgehead atoms. The molecule has 4 heteroatoms. The molecule has 0 spiro atoms. The predicted molar refractivity (Wildman–Crippen MR) is 90.3 cm³/mol. The molecule has 1 atom stereocenters. The van der Waals surface area contributed by atoms with Gasteiger partial charge in [0.1, 0.15) is 0 Å². The third-order valence-corrected chi connectivity index (χ3v) is 4.55. The standard InChI is InChI=1S/C16H26BrN3/c1-12(18)14-6-5-13(17)11-15(14)19-7-9-20(10-8-19)16(2,3)4/h5-6,11-12H,7-10,18H2,1-4H3. The van der Waals surface area contributed by atoms with Gasteiger partial charge in [0.05, 0.1) is 0 Å². The van der Waals surface area contributed by atoms with Gasteiger partial charge in [0.2, 0.25) is 0 Å². The SMILES string of the molecule is CC(N)c1ccc(Br)cc1N1CCN(C(C)(C)C)CC1. The number of piperazine rings is 1. The van der Waals surface area contributed by atoms with E-state index >= 15 is 0 Å². The lowest BCUT2D eigenvalue weighted by Gasteiger charge is -2.43. The van der Waals surface area contributed by atoms with Gasteiger partial charge in [-0.3, -0.25) is 4.90 Å². The summed E-state index contributed by atoms with van der Waals surface area (Å²) in [5.41, 5.74) is 8.89. The summed E-state index contributed by atoms with van der Waals surface area (Å²) in [5.74, 6) is 0. The van der Waals surface area contributed by atoms with Gasteiger partial charge < -0.3 is 10.6 Å². The second-order valence-corrected chi connectivity index (χ2v) is 7.55. The summed E-state index contributed by atoms with van der Waals surface area (Å²) < 4.78 is 1.12. The van der Waals surface area contributed by atoms with Crippen LogP contribution in [0, 0.1) is 0 Å². The third-order valence-electron chi connectivity index (χ3n) is 4.05. The van der Waals surface area contributed by atoms with Crippen LogP contribution in [0.4, 0.5) is 5.69 Å². The van der Waals surface area contributed by atoms with E-state index in [2.05, 4.69) is 71.6 Å². The van der Waals surface area contributed by atoms with Gasteiger partial charge in [0.25, 0.3) is 0 Å². The number of nitrogens with two attached hydrogens (primary N) is 1. The maximum absolute atomic E-state index is 6.12. The lowest BCUT2D eigenvalue weighted by molar-refractivity contribution is 0.128. The predicted octanol–water partition coefficient (Wildman–Crippen LogP) is 3.39. The van der Waals surface area contributed by atoms with Crippen molar-refractivity contribution in [1.82, 2.24) is 4.90 Å². The zero-order chi connectivity index (χ0) is 14.9. The molecule has 1 aromatic carbocycles. The smallest absolute Gasteiger partial charge is 0.0426 e. The Morgan fingerprint density at radius 3 is 2.25 bits per heavy atom. The maximum Gasteiger partial charge on any atom is 0.0426 e. The first-order valence-electron chi connectivity index (χ1n) is 7.34. The van der Waals surface area contributed by atoms with Gasteiger partial charge >= 0.3 is 0 Å². The number of halogens is 1. The van der Waals surface area contributed by atoms with Crippen molar-refractivity contribution in [3.63, 3.8) is 0 Å². The summed E-state index contributed by atoms with van der Waals surface area (Å²) in [6, 6.07) is 6.48. The molecular weight excluding hydrogens is 314 g/mol. The van der Waals surface area contributed by atoms with E-state index < -0.39 is 0 Å². The fraction of sp³-hybridized carbons (Fsp3) is 0.625. The Bertz CT molecular complexity index is 457. The molecule has 0 aliphatic carbocycles. The van der Waals surface area contributed by atoms with Crippen molar-refractivity contribution in [2.45, 2.75) is 39.3 Å². The normalized spacial score (nSPS) is 19.2. The van der Waals surface area contributed by atoms with Crippen molar-refractivity contribution < 1.29 is 0 Å². The molecule has 1 aliphatic rings. The van der Waals surface area contributed by atoms with Crippen LogP contribution in [0.1, 0.15) is 39.3 Å². The van der Waals surface area contributed by atoms with Gasteiger partial charge in [0, 0.05) is 47.9 Å². The molecule has 20 heavy (non-hydrogen) atoms. The van der Waals surface area contributed by atoms with Crippen molar-refractivity contribution >= 4 is 21.6 Å². The molecule has 1 aliphatic heterocycles. The second kappa shape index (κ2) is 6.04. The second-order valence-electron chi connectivity index (χ2n) is 6.64. The van der Waals surface area contributed by atoms with E-state index in [9.17, 15) is 0 Å². The molecule has 0 saturated carbocycles. The fourth-order valence-electron chi connectivity index (χ4n) is 2.79. The van der Waals surface area contributed by atoms with Crippen molar-refractivity contribution in [2.24, 2.45) is 5.73 Å². The van der Waals surface area contributed by atoms with Gasteiger partial charge in [-0.25, -0.2) is 0 Å². The van der Waals surface area contributed by atoms with E-state index in [4.69, 9.17) is 5.73 Å². The number of benzene rings is 1. The first kappa shape index (κ1) is 15.8. The molecule has 1 aromatic rings. The molecule has 1 saturated heterocycles. The Morgan fingerprint density at radius 2 is 1.75 bits per heavy atom. The molecule has 2 rings (SSSR count). The van der Waals surface area contributed by atoms with E-state index in [1.807, 2.05) is 0 Å². The minimum atomic E-state index is 0.0683. The highest BCUT2D eigenvalue weighted by Crippen LogP contribution is 2.30. The fourth-order valence-corrected chi connectivity index (χ4v) is 3.14. The van der Waals surface area contributed by atoms with Crippen molar-refractivity contribution in [2.75, 3.05) is 31.1 Å². The van der Waals surface area contributed by atoms with Crippen molar-refractivity contribution in [3.05, 3.63) is 28.2 Å². The van der Waals surface area contributed by atoms with Gasteiger partial charge in [-0.2, -0.15) is 0 Å². The van der Waals surface area contributed by atoms with E-state index in [-0.39, 0.29) is 11.6 Å². The zero-order valence-corrected chi connectivity index (χ0v) is 14.6. The molecule has 0 aromatic heterocycles. The Labute approximate surface area is 131 Å². The lowest BCUT2D eigenvalue weighted by atomic mass is 10.0. The zero-order valence-electron chi connectivity index (χ0n) is 13.0. The summed E-state index contributed by atoms with van der Waals surface area (Å²) in [7, 11) is 0. The van der Waals surface area contributed by atoms with E-state index in [0.29, 0.717) is 0 Å². The lowest BCUT2D eigenvalue weighted by Crippen LogP contribution is -2.53. The van der Waals surface area contributed by atoms with Crippen molar-refractivity contribution in [3.8, 4) is 0 Å². The Morgan fingerprint density at radius 1 is 1.15 bits per heavy atom. The van der Waals surface area contributed by atoms with Gasteiger partial charge in [-0.1, -0.05) is 22.0 Å². The van der Waals surface area contributed by atoms with Crippen LogP contribution in [0.3, 0.4) is 0 Å².